The third-order valence-corrected chi connectivity index (χ3v) is 4.46. The van der Waals surface area contributed by atoms with Crippen LogP contribution < -0.4 is 18.9 Å². The molecule has 0 spiro atoms. The normalized spacial score (nSPS) is 12.0. The van der Waals surface area contributed by atoms with Crippen LogP contribution in [0.4, 0.5) is 0 Å². The van der Waals surface area contributed by atoms with Crippen LogP contribution in [0.15, 0.2) is 35.7 Å². The van der Waals surface area contributed by atoms with E-state index >= 15 is 0 Å². The van der Waals surface area contributed by atoms with E-state index in [1.54, 1.807) is 40.0 Å². The highest BCUT2D eigenvalue weighted by atomic mass is 32.2. The summed E-state index contributed by atoms with van der Waals surface area (Å²) in [6.45, 7) is 1.54. The molecule has 2 N–H and O–H groups in total. The van der Waals surface area contributed by atoms with Crippen LogP contribution in [0, 0.1) is 0 Å². The molecule has 1 atom stereocenters. The monoisotopic (exact) mass is 392 g/mol. The number of methoxy groups -OCH3 is 3. The van der Waals surface area contributed by atoms with Crippen molar-refractivity contribution in [1.82, 2.24) is 0 Å². The Bertz CT molecular complexity index is 763. The molecule has 2 aromatic rings. The zero-order valence-corrected chi connectivity index (χ0v) is 16.6. The first kappa shape index (κ1) is 20.8. The van der Waals surface area contributed by atoms with Gasteiger partial charge in [-0.3, -0.25) is 0 Å². The highest BCUT2D eigenvalue weighted by molar-refractivity contribution is 8.01. The minimum atomic E-state index is -0.920. The summed E-state index contributed by atoms with van der Waals surface area (Å²) in [5.74, 6) is 2.90. The van der Waals surface area contributed by atoms with E-state index in [1.807, 2.05) is 29.7 Å². The summed E-state index contributed by atoms with van der Waals surface area (Å²) in [5, 5.41) is 21.1. The van der Waals surface area contributed by atoms with Crippen LogP contribution in [0.2, 0.25) is 0 Å². The lowest BCUT2D eigenvalue weighted by Crippen LogP contribution is -2.10. The number of benzene rings is 2. The van der Waals surface area contributed by atoms with Gasteiger partial charge in [-0.1, -0.05) is 6.07 Å². The first-order chi connectivity index (χ1) is 13.0. The average Bonchev–Trinajstić information content (AvgIpc) is 2.65. The molecule has 0 amide bonds. The largest absolute Gasteiger partial charge is 0.508 e. The minimum Gasteiger partial charge on any atom is -0.508 e. The van der Waals surface area contributed by atoms with Gasteiger partial charge in [-0.05, 0) is 36.1 Å². The lowest BCUT2D eigenvalue weighted by atomic mass is 10.1. The molecular formula is C20H24O6S. The number of thioether (sulfide) groups is 1. The van der Waals surface area contributed by atoms with Gasteiger partial charge < -0.3 is 29.2 Å². The molecule has 0 fully saturated rings. The lowest BCUT2D eigenvalue weighted by molar-refractivity contribution is -0.00209. The highest BCUT2D eigenvalue weighted by Gasteiger charge is 2.10. The quantitative estimate of drug-likeness (QED) is 0.624. The SMILES string of the molecule is COc1ccc(CS/C=C/c2c(OC)cc(O)cc2OC)cc1OC(C)O. The molecule has 0 radical (unpaired) electrons. The molecule has 7 heteroatoms. The second kappa shape index (κ2) is 9.99. The van der Waals surface area contributed by atoms with Gasteiger partial charge in [-0.15, -0.1) is 11.8 Å². The van der Waals surface area contributed by atoms with Crippen LogP contribution in [0.3, 0.4) is 0 Å². The molecule has 0 saturated heterocycles. The summed E-state index contributed by atoms with van der Waals surface area (Å²) in [4.78, 5) is 0. The molecule has 0 aliphatic heterocycles. The van der Waals surface area contributed by atoms with Gasteiger partial charge in [0.1, 0.15) is 17.2 Å². The molecule has 0 aromatic heterocycles. The number of ether oxygens (including phenoxy) is 4. The van der Waals surface area contributed by atoms with Gasteiger partial charge in [0.15, 0.2) is 17.8 Å². The van der Waals surface area contributed by atoms with Crippen LogP contribution >= 0.6 is 11.8 Å². The average molecular weight is 392 g/mol. The highest BCUT2D eigenvalue weighted by Crippen LogP contribution is 2.35. The topological polar surface area (TPSA) is 77.4 Å². The van der Waals surface area contributed by atoms with Gasteiger partial charge in [-0.2, -0.15) is 0 Å². The van der Waals surface area contributed by atoms with Gasteiger partial charge in [0.25, 0.3) is 0 Å². The summed E-state index contributed by atoms with van der Waals surface area (Å²) in [6.07, 6.45) is 0.953. The molecule has 2 rings (SSSR count). The van der Waals surface area contributed by atoms with E-state index in [1.165, 1.54) is 12.1 Å². The Morgan fingerprint density at radius 1 is 0.963 bits per heavy atom. The standard InChI is InChI=1S/C20H24O6S/c1-13(21)26-20-9-14(5-6-17(20)23-2)12-27-8-7-16-18(24-3)10-15(22)11-19(16)25-4/h5-11,13,21-22H,12H2,1-4H3/b8-7+. The Morgan fingerprint density at radius 2 is 1.59 bits per heavy atom. The van der Waals surface area contributed by atoms with E-state index in [0.717, 1.165) is 11.1 Å². The minimum absolute atomic E-state index is 0.0809. The fourth-order valence-electron chi connectivity index (χ4n) is 2.44. The Kier molecular flexibility index (Phi) is 7.69. The molecule has 146 valence electrons. The van der Waals surface area contributed by atoms with Crippen molar-refractivity contribution in [1.29, 1.82) is 0 Å². The zero-order valence-electron chi connectivity index (χ0n) is 15.8. The lowest BCUT2D eigenvalue weighted by Gasteiger charge is -2.13. The van der Waals surface area contributed by atoms with Gasteiger partial charge in [0, 0.05) is 17.9 Å². The number of aliphatic hydroxyl groups is 1. The Labute approximate surface area is 163 Å². The number of hydrogen-bond donors (Lipinski definition) is 2. The van der Waals surface area contributed by atoms with E-state index in [-0.39, 0.29) is 5.75 Å². The molecular weight excluding hydrogens is 368 g/mol. The van der Waals surface area contributed by atoms with Crippen molar-refractivity contribution in [2.75, 3.05) is 21.3 Å². The van der Waals surface area contributed by atoms with Crippen LogP contribution in [-0.4, -0.2) is 37.8 Å². The number of phenolic OH excluding ortho intramolecular Hbond substituents is 1. The maximum Gasteiger partial charge on any atom is 0.194 e. The van der Waals surface area contributed by atoms with Gasteiger partial charge in [0.2, 0.25) is 0 Å². The van der Waals surface area contributed by atoms with Crippen LogP contribution in [0.25, 0.3) is 6.08 Å². The van der Waals surface area contributed by atoms with E-state index in [4.69, 9.17) is 18.9 Å². The molecule has 2 aromatic carbocycles. The Balaban J connectivity index is 2.10. The van der Waals surface area contributed by atoms with Gasteiger partial charge in [-0.25, -0.2) is 0 Å². The van der Waals surface area contributed by atoms with E-state index < -0.39 is 6.29 Å². The number of hydrogen-bond acceptors (Lipinski definition) is 7. The first-order valence-electron chi connectivity index (χ1n) is 8.23. The maximum absolute atomic E-state index is 9.70. The van der Waals surface area contributed by atoms with Crippen molar-refractivity contribution >= 4 is 17.8 Å². The summed E-state index contributed by atoms with van der Waals surface area (Å²) in [6, 6.07) is 8.67. The molecule has 1 unspecified atom stereocenters. The first-order valence-corrected chi connectivity index (χ1v) is 9.28. The number of phenols is 1. The fraction of sp³-hybridized carbons (Fsp3) is 0.300. The van der Waals surface area contributed by atoms with E-state index in [2.05, 4.69) is 0 Å². The zero-order chi connectivity index (χ0) is 19.8. The molecule has 0 heterocycles. The van der Waals surface area contributed by atoms with E-state index in [0.29, 0.717) is 28.8 Å². The van der Waals surface area contributed by atoms with Crippen molar-refractivity contribution < 1.29 is 29.2 Å². The van der Waals surface area contributed by atoms with Crippen molar-refractivity contribution in [3.63, 3.8) is 0 Å². The van der Waals surface area contributed by atoms with Crippen LogP contribution in [-0.2, 0) is 5.75 Å². The third-order valence-electron chi connectivity index (χ3n) is 3.64. The Morgan fingerprint density at radius 3 is 2.15 bits per heavy atom. The Hall–Kier alpha value is -2.51. The van der Waals surface area contributed by atoms with Gasteiger partial charge >= 0.3 is 0 Å². The van der Waals surface area contributed by atoms with Crippen molar-refractivity contribution in [2.45, 2.75) is 19.0 Å². The molecule has 27 heavy (non-hydrogen) atoms. The molecule has 0 bridgehead atoms. The van der Waals surface area contributed by atoms with Crippen molar-refractivity contribution in [3.8, 4) is 28.7 Å². The third kappa shape index (κ3) is 5.74. The fourth-order valence-corrected chi connectivity index (χ4v) is 3.14. The van der Waals surface area contributed by atoms with Crippen LogP contribution in [0.5, 0.6) is 28.7 Å². The van der Waals surface area contributed by atoms with Crippen molar-refractivity contribution in [3.05, 3.63) is 46.9 Å². The molecule has 0 aliphatic carbocycles. The van der Waals surface area contributed by atoms with Crippen molar-refractivity contribution in [2.24, 2.45) is 0 Å². The number of rotatable bonds is 9. The smallest absolute Gasteiger partial charge is 0.194 e. The second-order valence-electron chi connectivity index (χ2n) is 5.58. The van der Waals surface area contributed by atoms with E-state index in [9.17, 15) is 10.2 Å². The number of aliphatic hydroxyl groups excluding tert-OH is 1. The predicted octanol–water partition coefficient (Wildman–Crippen LogP) is 4.04. The molecule has 0 saturated carbocycles. The van der Waals surface area contributed by atoms with Gasteiger partial charge in [0.05, 0.1) is 26.9 Å². The molecule has 0 aliphatic rings. The summed E-state index contributed by atoms with van der Waals surface area (Å²) in [7, 11) is 4.64. The maximum atomic E-state index is 9.70. The summed E-state index contributed by atoms with van der Waals surface area (Å²) < 4.78 is 21.2. The molecule has 6 nitrogen and oxygen atoms in total. The second-order valence-corrected chi connectivity index (χ2v) is 6.47. The number of aromatic hydroxyl groups is 1. The summed E-state index contributed by atoms with van der Waals surface area (Å²) >= 11 is 1.57. The van der Waals surface area contributed by atoms with Crippen LogP contribution in [0.1, 0.15) is 18.1 Å². The predicted molar refractivity (Wildman–Crippen MR) is 107 cm³/mol. The summed E-state index contributed by atoms with van der Waals surface area (Å²) in [5.41, 5.74) is 1.77.